The highest BCUT2D eigenvalue weighted by Crippen LogP contribution is 2.28. The number of fused-ring (bicyclic) bond motifs is 1. The van der Waals surface area contributed by atoms with Crippen molar-refractivity contribution in [2.45, 2.75) is 13.3 Å². The molecular formula is C14H15N3O3. The lowest BCUT2D eigenvalue weighted by molar-refractivity contribution is -0.145. The number of hydrogen-bond acceptors (Lipinski definition) is 4. The van der Waals surface area contributed by atoms with Crippen molar-refractivity contribution >= 4 is 28.5 Å². The van der Waals surface area contributed by atoms with E-state index in [0.717, 1.165) is 22.3 Å². The summed E-state index contributed by atoms with van der Waals surface area (Å²) in [6.07, 6.45) is 0.203. The van der Waals surface area contributed by atoms with Gasteiger partial charge in [-0.25, -0.2) is 0 Å². The Bertz CT molecular complexity index is 692. The van der Waals surface area contributed by atoms with E-state index in [4.69, 9.17) is 4.74 Å². The average Bonchev–Trinajstić information content (AvgIpc) is 3.02. The second-order valence-corrected chi connectivity index (χ2v) is 4.98. The highest BCUT2D eigenvalue weighted by Gasteiger charge is 2.35. The Morgan fingerprint density at radius 1 is 1.50 bits per heavy atom. The molecule has 0 radical (unpaired) electrons. The van der Waals surface area contributed by atoms with Crippen molar-refractivity contribution in [2.75, 3.05) is 18.6 Å². The first-order valence-electron chi connectivity index (χ1n) is 6.43. The molecular weight excluding hydrogens is 258 g/mol. The third-order valence-corrected chi connectivity index (χ3v) is 3.70. The first-order valence-corrected chi connectivity index (χ1v) is 6.43. The average molecular weight is 273 g/mol. The molecule has 1 aliphatic rings. The van der Waals surface area contributed by atoms with Gasteiger partial charge in [-0.1, -0.05) is 0 Å². The van der Waals surface area contributed by atoms with Gasteiger partial charge >= 0.3 is 5.97 Å². The highest BCUT2D eigenvalue weighted by molar-refractivity contribution is 6.01. The Hall–Kier alpha value is -2.37. The second-order valence-electron chi connectivity index (χ2n) is 4.98. The molecule has 1 aliphatic heterocycles. The minimum absolute atomic E-state index is 0.0547. The molecule has 6 nitrogen and oxygen atoms in total. The van der Waals surface area contributed by atoms with Gasteiger partial charge in [0.2, 0.25) is 5.91 Å². The molecule has 0 bridgehead atoms. The van der Waals surface area contributed by atoms with Gasteiger partial charge in [0.15, 0.2) is 0 Å². The third kappa shape index (κ3) is 1.93. The summed E-state index contributed by atoms with van der Waals surface area (Å²) in [5.74, 6) is -0.768. The van der Waals surface area contributed by atoms with Crippen molar-refractivity contribution in [1.82, 2.24) is 10.2 Å². The van der Waals surface area contributed by atoms with Gasteiger partial charge in [0.1, 0.15) is 0 Å². The van der Waals surface area contributed by atoms with Crippen LogP contribution in [-0.2, 0) is 14.3 Å². The summed E-state index contributed by atoms with van der Waals surface area (Å²) in [5.41, 5.74) is 2.61. The molecule has 1 saturated heterocycles. The van der Waals surface area contributed by atoms with Crippen LogP contribution in [0.1, 0.15) is 12.1 Å². The van der Waals surface area contributed by atoms with Gasteiger partial charge < -0.3 is 9.64 Å². The number of rotatable bonds is 2. The molecule has 3 rings (SSSR count). The quantitative estimate of drug-likeness (QED) is 0.839. The van der Waals surface area contributed by atoms with Crippen LogP contribution < -0.4 is 4.90 Å². The number of aromatic nitrogens is 2. The van der Waals surface area contributed by atoms with E-state index >= 15 is 0 Å². The lowest BCUT2D eigenvalue weighted by Crippen LogP contribution is -2.26. The monoisotopic (exact) mass is 273 g/mol. The topological polar surface area (TPSA) is 75.3 Å². The molecule has 1 atom stereocenters. The number of ether oxygens (including phenoxy) is 1. The van der Waals surface area contributed by atoms with Gasteiger partial charge in [-0.15, -0.1) is 0 Å². The van der Waals surface area contributed by atoms with Crippen molar-refractivity contribution < 1.29 is 14.3 Å². The molecule has 2 heterocycles. The summed E-state index contributed by atoms with van der Waals surface area (Å²) in [5, 5.41) is 8.06. The van der Waals surface area contributed by atoms with Gasteiger partial charge in [0, 0.05) is 29.7 Å². The van der Waals surface area contributed by atoms with Gasteiger partial charge in [0.25, 0.3) is 0 Å². The predicted molar refractivity (Wildman–Crippen MR) is 73.3 cm³/mol. The van der Waals surface area contributed by atoms with Gasteiger partial charge in [-0.05, 0) is 25.1 Å². The summed E-state index contributed by atoms with van der Waals surface area (Å²) >= 11 is 0. The van der Waals surface area contributed by atoms with Crippen LogP contribution >= 0.6 is 0 Å². The molecule has 2 aromatic rings. The fourth-order valence-corrected chi connectivity index (χ4v) is 2.58. The Balaban J connectivity index is 1.93. The zero-order valence-electron chi connectivity index (χ0n) is 11.3. The first kappa shape index (κ1) is 12.7. The number of amides is 1. The van der Waals surface area contributed by atoms with E-state index in [1.165, 1.54) is 7.11 Å². The van der Waals surface area contributed by atoms with Crippen LogP contribution in [0.25, 0.3) is 10.9 Å². The lowest BCUT2D eigenvalue weighted by atomic mass is 10.1. The molecule has 1 aromatic heterocycles. The van der Waals surface area contributed by atoms with Crippen molar-refractivity contribution in [2.24, 2.45) is 5.92 Å². The number of nitrogens with zero attached hydrogens (tertiary/aromatic N) is 2. The molecule has 20 heavy (non-hydrogen) atoms. The molecule has 0 saturated carbocycles. The zero-order valence-corrected chi connectivity index (χ0v) is 11.3. The van der Waals surface area contributed by atoms with Crippen LogP contribution in [0.3, 0.4) is 0 Å². The molecule has 1 fully saturated rings. The standard InChI is InChI=1S/C14H15N3O3/c1-8-11-6-10(3-4-12(11)16-15-8)17-7-9(5-13(17)18)14(19)20-2/h3-4,6,9H,5,7H2,1-2H3,(H,15,16). The Labute approximate surface area is 115 Å². The number of esters is 1. The molecule has 0 spiro atoms. The number of carbonyl (C=O) groups is 2. The number of H-pyrrole nitrogens is 1. The fraction of sp³-hybridized carbons (Fsp3) is 0.357. The number of aryl methyl sites for hydroxylation is 1. The Morgan fingerprint density at radius 3 is 3.05 bits per heavy atom. The van der Waals surface area contributed by atoms with Crippen LogP contribution in [0.4, 0.5) is 5.69 Å². The maximum absolute atomic E-state index is 12.1. The lowest BCUT2D eigenvalue weighted by Gasteiger charge is -2.16. The first-order chi connectivity index (χ1) is 9.60. The SMILES string of the molecule is COC(=O)C1CC(=O)N(c2ccc3n[nH]c(C)c3c2)C1. The minimum Gasteiger partial charge on any atom is -0.469 e. The van der Waals surface area contributed by atoms with Crippen molar-refractivity contribution in [3.8, 4) is 0 Å². The number of nitrogens with one attached hydrogen (secondary N) is 1. The number of aromatic amines is 1. The normalized spacial score (nSPS) is 18.8. The molecule has 1 N–H and O–H groups in total. The van der Waals surface area contributed by atoms with Gasteiger partial charge in [-0.2, -0.15) is 5.10 Å². The number of methoxy groups -OCH3 is 1. The number of carbonyl (C=O) groups excluding carboxylic acids is 2. The molecule has 104 valence electrons. The Morgan fingerprint density at radius 2 is 2.30 bits per heavy atom. The molecule has 1 unspecified atom stereocenters. The number of hydrogen-bond donors (Lipinski definition) is 1. The second kappa shape index (κ2) is 4.63. The summed E-state index contributed by atoms with van der Waals surface area (Å²) in [4.78, 5) is 25.2. The number of benzene rings is 1. The predicted octanol–water partition coefficient (Wildman–Crippen LogP) is 1.40. The van der Waals surface area contributed by atoms with Crippen molar-refractivity contribution in [1.29, 1.82) is 0 Å². The smallest absolute Gasteiger partial charge is 0.311 e. The van der Waals surface area contributed by atoms with Crippen LogP contribution in [-0.4, -0.2) is 35.7 Å². The van der Waals surface area contributed by atoms with E-state index in [2.05, 4.69) is 10.2 Å². The number of anilines is 1. The molecule has 1 amide bonds. The fourth-order valence-electron chi connectivity index (χ4n) is 2.58. The Kier molecular flexibility index (Phi) is 2.93. The highest BCUT2D eigenvalue weighted by atomic mass is 16.5. The maximum Gasteiger partial charge on any atom is 0.311 e. The van der Waals surface area contributed by atoms with E-state index in [-0.39, 0.29) is 24.2 Å². The van der Waals surface area contributed by atoms with Crippen LogP contribution in [0.15, 0.2) is 18.2 Å². The van der Waals surface area contributed by atoms with Crippen molar-refractivity contribution in [3.05, 3.63) is 23.9 Å². The van der Waals surface area contributed by atoms with E-state index < -0.39 is 0 Å². The summed E-state index contributed by atoms with van der Waals surface area (Å²) in [6, 6.07) is 5.64. The summed E-state index contributed by atoms with van der Waals surface area (Å²) < 4.78 is 4.71. The summed E-state index contributed by atoms with van der Waals surface area (Å²) in [7, 11) is 1.34. The third-order valence-electron chi connectivity index (χ3n) is 3.70. The van der Waals surface area contributed by atoms with Gasteiger partial charge in [-0.3, -0.25) is 14.7 Å². The van der Waals surface area contributed by atoms with E-state index in [1.807, 2.05) is 25.1 Å². The molecule has 6 heteroatoms. The van der Waals surface area contributed by atoms with Gasteiger partial charge in [0.05, 0.1) is 18.5 Å². The zero-order chi connectivity index (χ0) is 14.3. The van der Waals surface area contributed by atoms with Crippen molar-refractivity contribution in [3.63, 3.8) is 0 Å². The van der Waals surface area contributed by atoms with Crippen LogP contribution in [0, 0.1) is 12.8 Å². The van der Waals surface area contributed by atoms with E-state index in [9.17, 15) is 9.59 Å². The summed E-state index contributed by atoms with van der Waals surface area (Å²) in [6.45, 7) is 2.30. The van der Waals surface area contributed by atoms with E-state index in [1.54, 1.807) is 4.90 Å². The maximum atomic E-state index is 12.1. The largest absolute Gasteiger partial charge is 0.469 e. The van der Waals surface area contributed by atoms with E-state index in [0.29, 0.717) is 6.54 Å². The molecule has 0 aliphatic carbocycles. The molecule has 1 aromatic carbocycles. The van der Waals surface area contributed by atoms with Crippen LogP contribution in [0.5, 0.6) is 0 Å². The minimum atomic E-state index is -0.381. The van der Waals surface area contributed by atoms with Crippen LogP contribution in [0.2, 0.25) is 0 Å².